The SMILES string of the molecule is CNC(Cc1ccccc1C)c1cc(F)c(Br)cc1F. The highest BCUT2D eigenvalue weighted by atomic mass is 79.9. The number of nitrogens with one attached hydrogen (secondary N) is 1. The molecule has 4 heteroatoms. The lowest BCUT2D eigenvalue weighted by Gasteiger charge is -2.19. The lowest BCUT2D eigenvalue weighted by Crippen LogP contribution is -2.20. The molecule has 2 aromatic carbocycles. The third-order valence-corrected chi connectivity index (χ3v) is 4.06. The van der Waals surface area contributed by atoms with Crippen LogP contribution in [0.25, 0.3) is 0 Å². The summed E-state index contributed by atoms with van der Waals surface area (Å²) in [4.78, 5) is 0. The molecule has 1 unspecified atom stereocenters. The fourth-order valence-electron chi connectivity index (χ4n) is 2.23. The Hall–Kier alpha value is -1.26. The minimum atomic E-state index is -0.452. The van der Waals surface area contributed by atoms with Crippen molar-refractivity contribution in [2.45, 2.75) is 19.4 Å². The van der Waals surface area contributed by atoms with E-state index >= 15 is 0 Å². The summed E-state index contributed by atoms with van der Waals surface area (Å²) in [5.41, 5.74) is 2.61. The van der Waals surface area contributed by atoms with E-state index in [0.717, 1.165) is 11.1 Å². The number of hydrogen-bond donors (Lipinski definition) is 1. The summed E-state index contributed by atoms with van der Waals surface area (Å²) in [6.07, 6.45) is 0.612. The van der Waals surface area contributed by atoms with Gasteiger partial charge in [-0.25, -0.2) is 8.78 Å². The molecule has 0 bridgehead atoms. The quantitative estimate of drug-likeness (QED) is 0.806. The first-order valence-electron chi connectivity index (χ1n) is 6.39. The van der Waals surface area contributed by atoms with Gasteiger partial charge in [0, 0.05) is 11.6 Å². The molecule has 1 nitrogen and oxygen atoms in total. The maximum absolute atomic E-state index is 14.0. The van der Waals surface area contributed by atoms with E-state index in [4.69, 9.17) is 0 Å². The molecule has 0 amide bonds. The molecular formula is C16H16BrF2N. The van der Waals surface area contributed by atoms with E-state index in [1.54, 1.807) is 7.05 Å². The van der Waals surface area contributed by atoms with Crippen molar-refractivity contribution in [1.29, 1.82) is 0 Å². The molecule has 0 aromatic heterocycles. The molecule has 0 aliphatic carbocycles. The van der Waals surface area contributed by atoms with Crippen LogP contribution in [0.4, 0.5) is 8.78 Å². The highest BCUT2D eigenvalue weighted by Crippen LogP contribution is 2.27. The van der Waals surface area contributed by atoms with E-state index in [2.05, 4.69) is 21.2 Å². The number of aryl methyl sites for hydroxylation is 1. The zero-order valence-electron chi connectivity index (χ0n) is 11.4. The average Bonchev–Trinajstić information content (AvgIpc) is 2.42. The van der Waals surface area contributed by atoms with Crippen molar-refractivity contribution < 1.29 is 8.78 Å². The fourth-order valence-corrected chi connectivity index (χ4v) is 2.55. The first-order valence-corrected chi connectivity index (χ1v) is 7.18. The number of halogens is 3. The van der Waals surface area contributed by atoms with Gasteiger partial charge in [-0.15, -0.1) is 0 Å². The third-order valence-electron chi connectivity index (χ3n) is 3.45. The van der Waals surface area contributed by atoms with Gasteiger partial charge in [-0.05, 0) is 59.6 Å². The van der Waals surface area contributed by atoms with E-state index in [1.165, 1.54) is 12.1 Å². The Bertz CT molecular complexity index is 613. The zero-order chi connectivity index (χ0) is 14.7. The number of benzene rings is 2. The molecule has 106 valence electrons. The van der Waals surface area contributed by atoms with Crippen molar-refractivity contribution in [2.75, 3.05) is 7.05 Å². The maximum atomic E-state index is 14.0. The van der Waals surface area contributed by atoms with Gasteiger partial charge in [0.05, 0.1) is 4.47 Å². The Morgan fingerprint density at radius 1 is 1.15 bits per heavy atom. The summed E-state index contributed by atoms with van der Waals surface area (Å²) in [6, 6.07) is 10.1. The van der Waals surface area contributed by atoms with Crippen LogP contribution in [-0.2, 0) is 6.42 Å². The molecule has 1 N–H and O–H groups in total. The van der Waals surface area contributed by atoms with Crippen molar-refractivity contribution in [2.24, 2.45) is 0 Å². The van der Waals surface area contributed by atoms with Crippen molar-refractivity contribution in [3.8, 4) is 0 Å². The maximum Gasteiger partial charge on any atom is 0.137 e. The Morgan fingerprint density at radius 2 is 1.85 bits per heavy atom. The summed E-state index contributed by atoms with van der Waals surface area (Å²) in [7, 11) is 1.75. The van der Waals surface area contributed by atoms with Crippen LogP contribution >= 0.6 is 15.9 Å². The van der Waals surface area contributed by atoms with Gasteiger partial charge in [-0.1, -0.05) is 24.3 Å². The summed E-state index contributed by atoms with van der Waals surface area (Å²) in [5.74, 6) is -0.863. The highest BCUT2D eigenvalue weighted by molar-refractivity contribution is 9.10. The lowest BCUT2D eigenvalue weighted by molar-refractivity contribution is 0.520. The monoisotopic (exact) mass is 339 g/mol. The second-order valence-electron chi connectivity index (χ2n) is 4.76. The van der Waals surface area contributed by atoms with Crippen LogP contribution in [0.15, 0.2) is 40.9 Å². The number of likely N-dealkylation sites (N-methyl/N-ethyl adjacent to an activating group) is 1. The molecule has 20 heavy (non-hydrogen) atoms. The summed E-state index contributed by atoms with van der Waals surface area (Å²) >= 11 is 2.99. The second kappa shape index (κ2) is 6.46. The van der Waals surface area contributed by atoms with Crippen LogP contribution in [0.2, 0.25) is 0 Å². The van der Waals surface area contributed by atoms with Crippen molar-refractivity contribution >= 4 is 15.9 Å². The molecule has 0 spiro atoms. The molecule has 2 rings (SSSR count). The van der Waals surface area contributed by atoms with Gasteiger partial charge in [-0.3, -0.25) is 0 Å². The van der Waals surface area contributed by atoms with Crippen LogP contribution in [0, 0.1) is 18.6 Å². The van der Waals surface area contributed by atoms with Gasteiger partial charge in [0.15, 0.2) is 0 Å². The van der Waals surface area contributed by atoms with E-state index in [1.807, 2.05) is 31.2 Å². The molecule has 0 saturated carbocycles. The summed E-state index contributed by atoms with van der Waals surface area (Å²) < 4.78 is 27.8. The smallest absolute Gasteiger partial charge is 0.137 e. The molecule has 0 saturated heterocycles. The molecule has 0 aliphatic heterocycles. The molecule has 1 atom stereocenters. The third kappa shape index (κ3) is 3.25. The molecule has 0 fully saturated rings. The fraction of sp³-hybridized carbons (Fsp3) is 0.250. The minimum absolute atomic E-state index is 0.143. The number of rotatable bonds is 4. The Kier molecular flexibility index (Phi) is 4.89. The van der Waals surface area contributed by atoms with Crippen LogP contribution < -0.4 is 5.32 Å². The van der Waals surface area contributed by atoms with E-state index in [-0.39, 0.29) is 10.5 Å². The number of hydrogen-bond acceptors (Lipinski definition) is 1. The first-order chi connectivity index (χ1) is 9.52. The standard InChI is InChI=1S/C16H16BrF2N/c1-10-5-3-4-6-11(10)7-16(20-2)12-8-15(19)13(17)9-14(12)18/h3-6,8-9,16,20H,7H2,1-2H3. The Balaban J connectivity index is 2.34. The molecule has 2 aromatic rings. The largest absolute Gasteiger partial charge is 0.313 e. The van der Waals surface area contributed by atoms with Gasteiger partial charge in [0.25, 0.3) is 0 Å². The summed E-state index contributed by atoms with van der Waals surface area (Å²) in [5, 5.41) is 3.06. The average molecular weight is 340 g/mol. The summed E-state index contributed by atoms with van der Waals surface area (Å²) in [6.45, 7) is 2.01. The highest BCUT2D eigenvalue weighted by Gasteiger charge is 2.18. The van der Waals surface area contributed by atoms with Crippen molar-refractivity contribution in [3.05, 3.63) is 69.2 Å². The molecule has 0 heterocycles. The van der Waals surface area contributed by atoms with E-state index in [0.29, 0.717) is 12.0 Å². The molecular weight excluding hydrogens is 324 g/mol. The predicted octanol–water partition coefficient (Wildman–Crippen LogP) is 4.54. The van der Waals surface area contributed by atoms with Gasteiger partial charge >= 0.3 is 0 Å². The van der Waals surface area contributed by atoms with E-state index < -0.39 is 11.6 Å². The van der Waals surface area contributed by atoms with Crippen LogP contribution in [0.1, 0.15) is 22.7 Å². The van der Waals surface area contributed by atoms with Gasteiger partial charge in [0.1, 0.15) is 11.6 Å². The predicted molar refractivity (Wildman–Crippen MR) is 80.7 cm³/mol. The van der Waals surface area contributed by atoms with Crippen molar-refractivity contribution in [1.82, 2.24) is 5.32 Å². The zero-order valence-corrected chi connectivity index (χ0v) is 13.0. The molecule has 0 aliphatic rings. The van der Waals surface area contributed by atoms with Gasteiger partial charge in [-0.2, -0.15) is 0 Å². The molecule has 0 radical (unpaired) electrons. The van der Waals surface area contributed by atoms with Crippen LogP contribution in [0.5, 0.6) is 0 Å². The van der Waals surface area contributed by atoms with E-state index in [9.17, 15) is 8.78 Å². The van der Waals surface area contributed by atoms with Crippen molar-refractivity contribution in [3.63, 3.8) is 0 Å². The van der Waals surface area contributed by atoms with Crippen LogP contribution in [0.3, 0.4) is 0 Å². The van der Waals surface area contributed by atoms with Gasteiger partial charge < -0.3 is 5.32 Å². The lowest BCUT2D eigenvalue weighted by atomic mass is 9.96. The van der Waals surface area contributed by atoms with Gasteiger partial charge in [0.2, 0.25) is 0 Å². The second-order valence-corrected chi connectivity index (χ2v) is 5.61. The minimum Gasteiger partial charge on any atom is -0.313 e. The Morgan fingerprint density at radius 3 is 2.50 bits per heavy atom. The normalized spacial score (nSPS) is 12.4. The Labute approximate surface area is 126 Å². The van der Waals surface area contributed by atoms with Crippen LogP contribution in [-0.4, -0.2) is 7.05 Å². The topological polar surface area (TPSA) is 12.0 Å². The first kappa shape index (κ1) is 15.1.